The molecule has 1 aliphatic heterocycles. The fourth-order valence-electron chi connectivity index (χ4n) is 3.89. The molecule has 1 aromatic carbocycles. The molecule has 3 aromatic rings. The zero-order valence-corrected chi connectivity index (χ0v) is 16.0. The van der Waals surface area contributed by atoms with Crippen molar-refractivity contribution in [2.45, 2.75) is 32.1 Å². The molecular formula is C21H21F2N5O. The van der Waals surface area contributed by atoms with Crippen LogP contribution in [0.15, 0.2) is 36.8 Å². The van der Waals surface area contributed by atoms with Gasteiger partial charge in [0.05, 0.1) is 11.3 Å². The highest BCUT2D eigenvalue weighted by Gasteiger charge is 2.30. The van der Waals surface area contributed by atoms with Crippen LogP contribution in [-0.2, 0) is 4.79 Å². The van der Waals surface area contributed by atoms with Gasteiger partial charge in [-0.2, -0.15) is 5.10 Å². The first kappa shape index (κ1) is 19.2. The lowest BCUT2D eigenvalue weighted by Crippen LogP contribution is -2.37. The Morgan fingerprint density at radius 2 is 1.90 bits per heavy atom. The molecule has 6 nitrogen and oxygen atoms in total. The number of halogens is 2. The zero-order valence-electron chi connectivity index (χ0n) is 16.0. The predicted octanol–water partition coefficient (Wildman–Crippen LogP) is 3.93. The van der Waals surface area contributed by atoms with E-state index in [1.807, 2.05) is 11.8 Å². The van der Waals surface area contributed by atoms with Crippen LogP contribution in [0, 0.1) is 11.6 Å². The molecule has 0 spiro atoms. The van der Waals surface area contributed by atoms with Crippen molar-refractivity contribution in [3.8, 4) is 22.5 Å². The molecule has 0 unspecified atom stereocenters. The molecule has 4 rings (SSSR count). The maximum absolute atomic E-state index is 14.5. The highest BCUT2D eigenvalue weighted by molar-refractivity contribution is 5.82. The van der Waals surface area contributed by atoms with Gasteiger partial charge in [0.25, 0.3) is 0 Å². The quantitative estimate of drug-likeness (QED) is 0.724. The minimum absolute atomic E-state index is 0.0805. The lowest BCUT2D eigenvalue weighted by Gasteiger charge is -2.31. The molecule has 29 heavy (non-hydrogen) atoms. The number of hydrogen-bond donors (Lipinski definition) is 1. The number of piperidine rings is 1. The van der Waals surface area contributed by atoms with E-state index in [0.29, 0.717) is 30.8 Å². The molecule has 1 fully saturated rings. The number of likely N-dealkylation sites (tertiary alicyclic amines) is 1. The second-order valence-corrected chi connectivity index (χ2v) is 7.06. The number of carbonyl (C=O) groups is 1. The normalized spacial score (nSPS) is 14.9. The fourth-order valence-corrected chi connectivity index (χ4v) is 3.89. The summed E-state index contributed by atoms with van der Waals surface area (Å²) in [6.07, 6.45) is 4.95. The topological polar surface area (TPSA) is 74.8 Å². The van der Waals surface area contributed by atoms with Gasteiger partial charge in [0.15, 0.2) is 0 Å². The Morgan fingerprint density at radius 1 is 1.17 bits per heavy atom. The van der Waals surface area contributed by atoms with Crippen molar-refractivity contribution in [1.29, 1.82) is 0 Å². The second kappa shape index (κ2) is 8.06. The summed E-state index contributed by atoms with van der Waals surface area (Å²) < 4.78 is 29.0. The summed E-state index contributed by atoms with van der Waals surface area (Å²) in [7, 11) is 0. The van der Waals surface area contributed by atoms with Crippen molar-refractivity contribution < 1.29 is 13.6 Å². The molecule has 0 radical (unpaired) electrons. The van der Waals surface area contributed by atoms with Crippen molar-refractivity contribution in [3.63, 3.8) is 0 Å². The second-order valence-electron chi connectivity index (χ2n) is 7.06. The van der Waals surface area contributed by atoms with Gasteiger partial charge in [-0.15, -0.1) is 0 Å². The van der Waals surface area contributed by atoms with Gasteiger partial charge in [0.2, 0.25) is 5.91 Å². The number of nitrogens with zero attached hydrogens (tertiary/aromatic N) is 4. The van der Waals surface area contributed by atoms with E-state index >= 15 is 0 Å². The van der Waals surface area contributed by atoms with E-state index in [1.54, 1.807) is 12.3 Å². The van der Waals surface area contributed by atoms with Crippen LogP contribution in [0.25, 0.3) is 22.5 Å². The van der Waals surface area contributed by atoms with Gasteiger partial charge in [0, 0.05) is 42.9 Å². The molecule has 150 valence electrons. The molecule has 0 atom stereocenters. The molecule has 8 heteroatoms. The Morgan fingerprint density at radius 3 is 2.52 bits per heavy atom. The number of rotatable bonds is 4. The van der Waals surface area contributed by atoms with Crippen molar-refractivity contribution in [2.24, 2.45) is 0 Å². The highest BCUT2D eigenvalue weighted by Crippen LogP contribution is 2.40. The first-order chi connectivity index (χ1) is 14.1. The van der Waals surface area contributed by atoms with E-state index in [1.165, 1.54) is 24.5 Å². The maximum Gasteiger partial charge on any atom is 0.222 e. The molecule has 0 aliphatic carbocycles. The molecule has 1 N–H and O–H groups in total. The van der Waals surface area contributed by atoms with Crippen LogP contribution >= 0.6 is 0 Å². The molecule has 0 saturated carbocycles. The van der Waals surface area contributed by atoms with Gasteiger partial charge in [-0.1, -0.05) is 13.0 Å². The van der Waals surface area contributed by atoms with E-state index in [0.717, 1.165) is 18.5 Å². The molecule has 0 bridgehead atoms. The average Bonchev–Trinajstić information content (AvgIpc) is 3.18. The first-order valence-electron chi connectivity index (χ1n) is 9.67. The molecule has 1 amide bonds. The highest BCUT2D eigenvalue weighted by atomic mass is 19.1. The lowest BCUT2D eigenvalue weighted by molar-refractivity contribution is -0.131. The van der Waals surface area contributed by atoms with E-state index in [9.17, 15) is 13.6 Å². The number of H-pyrrole nitrogens is 1. The van der Waals surface area contributed by atoms with Gasteiger partial charge in [-0.3, -0.25) is 9.89 Å². The molecule has 1 aliphatic rings. The third kappa shape index (κ3) is 3.62. The maximum atomic E-state index is 14.5. The van der Waals surface area contributed by atoms with Crippen LogP contribution in [-0.4, -0.2) is 44.1 Å². The summed E-state index contributed by atoms with van der Waals surface area (Å²) in [5.74, 6) is -1.14. The average molecular weight is 397 g/mol. The number of hydrogen-bond acceptors (Lipinski definition) is 4. The summed E-state index contributed by atoms with van der Waals surface area (Å²) in [5.41, 5.74) is 1.93. The molecule has 1 saturated heterocycles. The SMILES string of the molecule is CCC(=O)N1CCC(c2[nH]nc(-c3c(F)cccc3F)c2-c2ccncn2)CC1. The van der Waals surface area contributed by atoms with Gasteiger partial charge in [-0.25, -0.2) is 18.7 Å². The summed E-state index contributed by atoms with van der Waals surface area (Å²) >= 11 is 0. The number of aromatic amines is 1. The number of benzene rings is 1. The van der Waals surface area contributed by atoms with Crippen molar-refractivity contribution in [1.82, 2.24) is 25.1 Å². The monoisotopic (exact) mass is 397 g/mol. The fraction of sp³-hybridized carbons (Fsp3) is 0.333. The number of amides is 1. The van der Waals surface area contributed by atoms with Crippen molar-refractivity contribution in [3.05, 3.63) is 54.1 Å². The van der Waals surface area contributed by atoms with Crippen LogP contribution < -0.4 is 0 Å². The van der Waals surface area contributed by atoms with Crippen LogP contribution in [0.1, 0.15) is 37.8 Å². The van der Waals surface area contributed by atoms with Gasteiger partial charge in [-0.05, 0) is 31.0 Å². The first-order valence-corrected chi connectivity index (χ1v) is 9.67. The minimum Gasteiger partial charge on any atom is -0.343 e. The van der Waals surface area contributed by atoms with E-state index < -0.39 is 11.6 Å². The molecule has 2 aromatic heterocycles. The van der Waals surface area contributed by atoms with Crippen LogP contribution in [0.2, 0.25) is 0 Å². The van der Waals surface area contributed by atoms with Crippen molar-refractivity contribution >= 4 is 5.91 Å². The van der Waals surface area contributed by atoms with Gasteiger partial charge in [0.1, 0.15) is 23.7 Å². The lowest BCUT2D eigenvalue weighted by atomic mass is 9.88. The molecular weight excluding hydrogens is 376 g/mol. The Kier molecular flexibility index (Phi) is 5.33. The van der Waals surface area contributed by atoms with E-state index in [4.69, 9.17) is 0 Å². The smallest absolute Gasteiger partial charge is 0.222 e. The van der Waals surface area contributed by atoms with Crippen LogP contribution in [0.5, 0.6) is 0 Å². The van der Waals surface area contributed by atoms with E-state index in [-0.39, 0.29) is 23.1 Å². The number of nitrogens with one attached hydrogen (secondary N) is 1. The van der Waals surface area contributed by atoms with Crippen molar-refractivity contribution in [2.75, 3.05) is 13.1 Å². The summed E-state index contributed by atoms with van der Waals surface area (Å²) in [6, 6.07) is 5.45. The van der Waals surface area contributed by atoms with E-state index in [2.05, 4.69) is 20.2 Å². The third-order valence-electron chi connectivity index (χ3n) is 5.39. The van der Waals surface area contributed by atoms with Gasteiger partial charge < -0.3 is 4.90 Å². The Bertz CT molecular complexity index is 993. The number of aromatic nitrogens is 4. The summed E-state index contributed by atoms with van der Waals surface area (Å²) in [6.45, 7) is 3.14. The molecule has 3 heterocycles. The summed E-state index contributed by atoms with van der Waals surface area (Å²) in [5, 5.41) is 7.29. The largest absolute Gasteiger partial charge is 0.343 e. The van der Waals surface area contributed by atoms with Gasteiger partial charge >= 0.3 is 0 Å². The summed E-state index contributed by atoms with van der Waals surface area (Å²) in [4.78, 5) is 22.1. The van der Waals surface area contributed by atoms with Crippen LogP contribution in [0.3, 0.4) is 0 Å². The Hall–Kier alpha value is -3.16. The zero-order chi connectivity index (χ0) is 20.4. The standard InChI is InChI=1S/C21H21F2N5O/c1-2-17(29)28-10-7-13(8-11-28)20-19(16-6-9-24-12-25-16)21(27-26-20)18-14(22)4-3-5-15(18)23/h3-6,9,12-13H,2,7-8,10-11H2,1H3,(H,26,27). The Labute approximate surface area is 167 Å². The van der Waals surface area contributed by atoms with Crippen LogP contribution in [0.4, 0.5) is 8.78 Å². The third-order valence-corrected chi connectivity index (χ3v) is 5.39. The Balaban J connectivity index is 1.77. The minimum atomic E-state index is -0.679. The predicted molar refractivity (Wildman–Crippen MR) is 104 cm³/mol. The number of carbonyl (C=O) groups excluding carboxylic acids is 1.